The van der Waals surface area contributed by atoms with Crippen molar-refractivity contribution < 1.29 is 14.7 Å². The number of aromatic hydroxyl groups is 1. The van der Waals surface area contributed by atoms with Crippen LogP contribution >= 0.6 is 0 Å². The fraction of sp³-hybridized carbons (Fsp3) is 0.308. The van der Waals surface area contributed by atoms with Crippen molar-refractivity contribution >= 4 is 18.0 Å². The third-order valence-corrected chi connectivity index (χ3v) is 2.86. The van der Waals surface area contributed by atoms with Crippen LogP contribution in [-0.4, -0.2) is 41.1 Å². The van der Waals surface area contributed by atoms with E-state index in [0.29, 0.717) is 18.7 Å². The molecule has 2 amide bonds. The fourth-order valence-corrected chi connectivity index (χ4v) is 1.84. The van der Waals surface area contributed by atoms with Gasteiger partial charge in [-0.25, -0.2) is 5.43 Å². The predicted molar refractivity (Wildman–Crippen MR) is 69.7 cm³/mol. The molecule has 100 valence electrons. The van der Waals surface area contributed by atoms with Gasteiger partial charge in [0.05, 0.1) is 6.21 Å². The largest absolute Gasteiger partial charge is 0.508 e. The zero-order valence-electron chi connectivity index (χ0n) is 10.4. The number of hydrogen-bond acceptors (Lipinski definition) is 4. The Morgan fingerprint density at radius 1 is 1.21 bits per heavy atom. The number of likely N-dealkylation sites (tertiary alicyclic amines) is 1. The van der Waals surface area contributed by atoms with E-state index in [4.69, 9.17) is 5.11 Å². The van der Waals surface area contributed by atoms with Gasteiger partial charge in [0.2, 0.25) is 0 Å². The summed E-state index contributed by atoms with van der Waals surface area (Å²) in [6.45, 7) is 1.27. The summed E-state index contributed by atoms with van der Waals surface area (Å²) >= 11 is 0. The summed E-state index contributed by atoms with van der Waals surface area (Å²) < 4.78 is 0. The summed E-state index contributed by atoms with van der Waals surface area (Å²) in [6.07, 6.45) is 3.29. The van der Waals surface area contributed by atoms with Gasteiger partial charge < -0.3 is 10.0 Å². The zero-order chi connectivity index (χ0) is 13.7. The van der Waals surface area contributed by atoms with Crippen molar-refractivity contribution in [3.05, 3.63) is 29.8 Å². The fourth-order valence-electron chi connectivity index (χ4n) is 1.84. The van der Waals surface area contributed by atoms with E-state index in [1.165, 1.54) is 23.2 Å². The average Bonchev–Trinajstić information content (AvgIpc) is 2.94. The molecule has 1 heterocycles. The Morgan fingerprint density at radius 2 is 1.84 bits per heavy atom. The lowest BCUT2D eigenvalue weighted by Crippen LogP contribution is -2.39. The Kier molecular flexibility index (Phi) is 4.12. The molecule has 0 aliphatic carbocycles. The van der Waals surface area contributed by atoms with Crippen LogP contribution in [0.25, 0.3) is 0 Å². The molecule has 1 aromatic rings. The molecule has 19 heavy (non-hydrogen) atoms. The highest BCUT2D eigenvalue weighted by Gasteiger charge is 2.23. The first-order valence-corrected chi connectivity index (χ1v) is 6.08. The number of carbonyl (C=O) groups is 2. The molecular weight excluding hydrogens is 246 g/mol. The Bertz CT molecular complexity index is 490. The predicted octanol–water partition coefficient (Wildman–Crippen LogP) is 0.465. The first kappa shape index (κ1) is 13.1. The highest BCUT2D eigenvalue weighted by molar-refractivity contribution is 6.35. The van der Waals surface area contributed by atoms with Gasteiger partial charge in [-0.15, -0.1) is 0 Å². The van der Waals surface area contributed by atoms with E-state index in [1.807, 2.05) is 0 Å². The van der Waals surface area contributed by atoms with Gasteiger partial charge in [-0.1, -0.05) is 0 Å². The van der Waals surface area contributed by atoms with E-state index in [2.05, 4.69) is 10.5 Å². The van der Waals surface area contributed by atoms with E-state index in [9.17, 15) is 9.59 Å². The SMILES string of the molecule is O=C(NN=Cc1ccc(O)cc1)C(=O)N1CCCC1. The number of nitrogens with zero attached hydrogens (tertiary/aromatic N) is 2. The van der Waals surface area contributed by atoms with E-state index in [-0.39, 0.29) is 5.75 Å². The molecule has 2 rings (SSSR count). The minimum atomic E-state index is -0.725. The van der Waals surface area contributed by atoms with Gasteiger partial charge in [0, 0.05) is 13.1 Å². The standard InChI is InChI=1S/C13H15N3O3/c17-11-5-3-10(4-6-11)9-14-15-12(18)13(19)16-7-1-2-8-16/h3-6,9,17H,1-2,7-8H2,(H,15,18). The summed E-state index contributed by atoms with van der Waals surface area (Å²) in [5.74, 6) is -1.11. The van der Waals surface area contributed by atoms with Crippen molar-refractivity contribution in [2.75, 3.05) is 13.1 Å². The molecule has 6 heteroatoms. The van der Waals surface area contributed by atoms with Crippen LogP contribution in [0.2, 0.25) is 0 Å². The maximum Gasteiger partial charge on any atom is 0.329 e. The maximum absolute atomic E-state index is 11.6. The average molecular weight is 261 g/mol. The number of phenolic OH excluding ortho intramolecular Hbond substituents is 1. The van der Waals surface area contributed by atoms with E-state index >= 15 is 0 Å². The van der Waals surface area contributed by atoms with E-state index < -0.39 is 11.8 Å². The van der Waals surface area contributed by atoms with Gasteiger partial charge in [0.15, 0.2) is 0 Å². The smallest absolute Gasteiger partial charge is 0.329 e. The Morgan fingerprint density at radius 3 is 2.47 bits per heavy atom. The Balaban J connectivity index is 1.85. The maximum atomic E-state index is 11.6. The normalized spacial score (nSPS) is 14.8. The number of amides is 2. The van der Waals surface area contributed by atoms with Crippen LogP contribution in [0.5, 0.6) is 5.75 Å². The lowest BCUT2D eigenvalue weighted by Gasteiger charge is -2.12. The van der Waals surface area contributed by atoms with Crippen molar-refractivity contribution in [3.8, 4) is 5.75 Å². The summed E-state index contributed by atoms with van der Waals surface area (Å²) in [4.78, 5) is 24.7. The lowest BCUT2D eigenvalue weighted by molar-refractivity contribution is -0.145. The Labute approximate surface area is 110 Å². The van der Waals surface area contributed by atoms with Crippen molar-refractivity contribution in [2.45, 2.75) is 12.8 Å². The molecule has 1 aromatic carbocycles. The second kappa shape index (κ2) is 5.99. The second-order valence-electron chi connectivity index (χ2n) is 4.29. The summed E-state index contributed by atoms with van der Waals surface area (Å²) in [5, 5.41) is 12.8. The van der Waals surface area contributed by atoms with Crippen molar-refractivity contribution in [2.24, 2.45) is 5.10 Å². The van der Waals surface area contributed by atoms with Crippen LogP contribution in [0.1, 0.15) is 18.4 Å². The zero-order valence-corrected chi connectivity index (χ0v) is 10.4. The van der Waals surface area contributed by atoms with E-state index in [0.717, 1.165) is 12.8 Å². The topological polar surface area (TPSA) is 82.0 Å². The lowest BCUT2D eigenvalue weighted by atomic mass is 10.2. The number of rotatable bonds is 2. The van der Waals surface area contributed by atoms with Gasteiger partial charge >= 0.3 is 11.8 Å². The van der Waals surface area contributed by atoms with Crippen molar-refractivity contribution in [1.82, 2.24) is 10.3 Å². The number of benzene rings is 1. The summed E-state index contributed by atoms with van der Waals surface area (Å²) in [6, 6.07) is 6.32. The number of hydrogen-bond donors (Lipinski definition) is 2. The van der Waals surface area contributed by atoms with Crippen LogP contribution in [0.15, 0.2) is 29.4 Å². The summed E-state index contributed by atoms with van der Waals surface area (Å²) in [5.41, 5.74) is 2.91. The van der Waals surface area contributed by atoms with Crippen LogP contribution in [0, 0.1) is 0 Å². The van der Waals surface area contributed by atoms with Crippen LogP contribution in [0.3, 0.4) is 0 Å². The molecule has 0 bridgehead atoms. The van der Waals surface area contributed by atoms with Gasteiger partial charge in [0.25, 0.3) is 0 Å². The third kappa shape index (κ3) is 3.54. The molecule has 0 saturated carbocycles. The number of phenols is 1. The number of hydrazone groups is 1. The highest BCUT2D eigenvalue weighted by atomic mass is 16.3. The Hall–Kier alpha value is -2.37. The molecule has 2 N–H and O–H groups in total. The molecule has 1 aliphatic rings. The molecule has 0 unspecified atom stereocenters. The van der Waals surface area contributed by atoms with Crippen LogP contribution in [0.4, 0.5) is 0 Å². The molecule has 0 spiro atoms. The molecule has 0 atom stereocenters. The molecule has 1 aliphatic heterocycles. The highest BCUT2D eigenvalue weighted by Crippen LogP contribution is 2.08. The number of nitrogens with one attached hydrogen (secondary N) is 1. The molecule has 0 aromatic heterocycles. The second-order valence-corrected chi connectivity index (χ2v) is 4.29. The molecule has 6 nitrogen and oxygen atoms in total. The number of carbonyl (C=O) groups excluding carboxylic acids is 2. The summed E-state index contributed by atoms with van der Waals surface area (Å²) in [7, 11) is 0. The van der Waals surface area contributed by atoms with Crippen molar-refractivity contribution in [3.63, 3.8) is 0 Å². The van der Waals surface area contributed by atoms with Gasteiger partial charge in [-0.2, -0.15) is 5.10 Å². The molecule has 1 saturated heterocycles. The molecule has 0 radical (unpaired) electrons. The van der Waals surface area contributed by atoms with Gasteiger partial charge in [-0.3, -0.25) is 9.59 Å². The van der Waals surface area contributed by atoms with Gasteiger partial charge in [0.1, 0.15) is 5.75 Å². The molecular formula is C13H15N3O3. The van der Waals surface area contributed by atoms with Gasteiger partial charge in [-0.05, 0) is 42.7 Å². The third-order valence-electron chi connectivity index (χ3n) is 2.86. The minimum Gasteiger partial charge on any atom is -0.508 e. The minimum absolute atomic E-state index is 0.158. The van der Waals surface area contributed by atoms with Crippen LogP contribution < -0.4 is 5.43 Å². The van der Waals surface area contributed by atoms with E-state index in [1.54, 1.807) is 12.1 Å². The quantitative estimate of drug-likeness (QED) is 0.461. The monoisotopic (exact) mass is 261 g/mol. The van der Waals surface area contributed by atoms with Crippen LogP contribution in [-0.2, 0) is 9.59 Å². The first-order chi connectivity index (χ1) is 9.16. The van der Waals surface area contributed by atoms with Crippen molar-refractivity contribution in [1.29, 1.82) is 0 Å². The molecule has 1 fully saturated rings. The first-order valence-electron chi connectivity index (χ1n) is 6.08.